The van der Waals surface area contributed by atoms with E-state index in [0.717, 1.165) is 0 Å². The van der Waals surface area contributed by atoms with Crippen molar-refractivity contribution in [3.8, 4) is 11.5 Å². The molecule has 1 aromatic rings. The van der Waals surface area contributed by atoms with Gasteiger partial charge in [-0.05, 0) is 12.5 Å². The zero-order chi connectivity index (χ0) is 12.8. The predicted molar refractivity (Wildman–Crippen MR) is 61.4 cm³/mol. The highest BCUT2D eigenvalue weighted by molar-refractivity contribution is 5.48. The lowest BCUT2D eigenvalue weighted by atomic mass is 10.2. The molecule has 0 spiro atoms. The van der Waals surface area contributed by atoms with Crippen molar-refractivity contribution in [1.82, 2.24) is 0 Å². The molecule has 6 nitrogen and oxygen atoms in total. The van der Waals surface area contributed by atoms with Gasteiger partial charge in [-0.15, -0.1) is 0 Å². The first-order valence-corrected chi connectivity index (χ1v) is 5.21. The number of nitrogens with zero attached hydrogens (tertiary/aromatic N) is 1. The van der Waals surface area contributed by atoms with E-state index in [2.05, 4.69) is 0 Å². The summed E-state index contributed by atoms with van der Waals surface area (Å²) in [6.45, 7) is 1.90. The van der Waals surface area contributed by atoms with Crippen LogP contribution in [-0.4, -0.2) is 29.9 Å². The van der Waals surface area contributed by atoms with Gasteiger partial charge in [0.1, 0.15) is 6.61 Å². The molecule has 0 aliphatic rings. The number of rotatable bonds is 6. The van der Waals surface area contributed by atoms with Crippen molar-refractivity contribution in [3.63, 3.8) is 0 Å². The molecule has 0 fully saturated rings. The molecule has 0 saturated heterocycles. The molecule has 1 unspecified atom stereocenters. The monoisotopic (exact) mass is 241 g/mol. The van der Waals surface area contributed by atoms with Crippen LogP contribution in [0.1, 0.15) is 13.3 Å². The molecule has 94 valence electrons. The second-order valence-electron chi connectivity index (χ2n) is 3.47. The summed E-state index contributed by atoms with van der Waals surface area (Å²) in [5, 5.41) is 20.0. The Morgan fingerprint density at radius 3 is 2.71 bits per heavy atom. The van der Waals surface area contributed by atoms with Gasteiger partial charge in [-0.25, -0.2) is 0 Å². The zero-order valence-electron chi connectivity index (χ0n) is 9.75. The van der Waals surface area contributed by atoms with Gasteiger partial charge in [-0.2, -0.15) is 0 Å². The van der Waals surface area contributed by atoms with E-state index in [9.17, 15) is 15.2 Å². The van der Waals surface area contributed by atoms with Crippen LogP contribution < -0.4 is 9.47 Å². The average Bonchev–Trinajstić information content (AvgIpc) is 2.35. The fraction of sp³-hybridized carbons (Fsp3) is 0.455. The molecule has 0 saturated carbocycles. The molecule has 0 bridgehead atoms. The third-order valence-electron chi connectivity index (χ3n) is 2.26. The first-order valence-electron chi connectivity index (χ1n) is 5.21. The van der Waals surface area contributed by atoms with Crippen LogP contribution >= 0.6 is 0 Å². The van der Waals surface area contributed by atoms with E-state index in [1.165, 1.54) is 25.3 Å². The Morgan fingerprint density at radius 2 is 2.18 bits per heavy atom. The predicted octanol–water partition coefficient (Wildman–Crippen LogP) is 1.75. The number of methoxy groups -OCH3 is 1. The molecule has 17 heavy (non-hydrogen) atoms. The van der Waals surface area contributed by atoms with Crippen molar-refractivity contribution in [1.29, 1.82) is 0 Å². The number of aliphatic hydroxyl groups excluding tert-OH is 1. The molecule has 6 heteroatoms. The van der Waals surface area contributed by atoms with E-state index in [1.54, 1.807) is 0 Å². The summed E-state index contributed by atoms with van der Waals surface area (Å²) in [6.07, 6.45) is -0.0454. The SMILES string of the molecule is CCC(O)COc1cc([N+](=O)[O-])ccc1OC. The number of nitro benzene ring substituents is 1. The highest BCUT2D eigenvalue weighted by Crippen LogP contribution is 2.31. The zero-order valence-corrected chi connectivity index (χ0v) is 9.75. The van der Waals surface area contributed by atoms with Gasteiger partial charge in [0, 0.05) is 6.07 Å². The highest BCUT2D eigenvalue weighted by Gasteiger charge is 2.13. The minimum absolute atomic E-state index is 0.0770. The molecule has 0 aromatic heterocycles. The molecule has 0 heterocycles. The third-order valence-corrected chi connectivity index (χ3v) is 2.26. The largest absolute Gasteiger partial charge is 0.493 e. The van der Waals surface area contributed by atoms with Crippen molar-refractivity contribution < 1.29 is 19.5 Å². The van der Waals surface area contributed by atoms with Crippen LogP contribution in [0.3, 0.4) is 0 Å². The minimum atomic E-state index is -0.598. The van der Waals surface area contributed by atoms with Gasteiger partial charge >= 0.3 is 0 Å². The number of non-ortho nitro benzene ring substituents is 1. The molecule has 0 aliphatic carbocycles. The summed E-state index contributed by atoms with van der Waals surface area (Å²) in [7, 11) is 1.45. The van der Waals surface area contributed by atoms with Gasteiger partial charge in [0.15, 0.2) is 11.5 Å². The molecular formula is C11H15NO5. The van der Waals surface area contributed by atoms with Crippen LogP contribution in [0, 0.1) is 10.1 Å². The summed E-state index contributed by atoms with van der Waals surface area (Å²) >= 11 is 0. The lowest BCUT2D eigenvalue weighted by molar-refractivity contribution is -0.385. The number of hydrogen-bond acceptors (Lipinski definition) is 5. The fourth-order valence-electron chi connectivity index (χ4n) is 1.20. The first kappa shape index (κ1) is 13.2. The second-order valence-corrected chi connectivity index (χ2v) is 3.47. The molecule has 1 N–H and O–H groups in total. The van der Waals surface area contributed by atoms with E-state index in [4.69, 9.17) is 9.47 Å². The van der Waals surface area contributed by atoms with E-state index < -0.39 is 11.0 Å². The van der Waals surface area contributed by atoms with E-state index in [1.807, 2.05) is 6.92 Å². The van der Waals surface area contributed by atoms with Crippen LogP contribution in [0.25, 0.3) is 0 Å². The van der Waals surface area contributed by atoms with Gasteiger partial charge in [-0.1, -0.05) is 6.92 Å². The van der Waals surface area contributed by atoms with E-state index >= 15 is 0 Å². The van der Waals surface area contributed by atoms with Crippen molar-refractivity contribution in [3.05, 3.63) is 28.3 Å². The Hall–Kier alpha value is -1.82. The molecule has 0 radical (unpaired) electrons. The van der Waals surface area contributed by atoms with Crippen LogP contribution in [-0.2, 0) is 0 Å². The average molecular weight is 241 g/mol. The smallest absolute Gasteiger partial charge is 0.273 e. The summed E-state index contributed by atoms with van der Waals surface area (Å²) in [5.74, 6) is 0.660. The maximum Gasteiger partial charge on any atom is 0.273 e. The van der Waals surface area contributed by atoms with Crippen LogP contribution in [0.2, 0.25) is 0 Å². The minimum Gasteiger partial charge on any atom is -0.493 e. The molecule has 1 aromatic carbocycles. The van der Waals surface area contributed by atoms with Gasteiger partial charge in [0.2, 0.25) is 0 Å². The number of hydrogen-bond donors (Lipinski definition) is 1. The summed E-state index contributed by atoms with van der Waals surface area (Å²) in [4.78, 5) is 10.1. The fourth-order valence-corrected chi connectivity index (χ4v) is 1.20. The number of aliphatic hydroxyl groups is 1. The Kier molecular flexibility index (Phi) is 4.71. The summed E-state index contributed by atoms with van der Waals surface area (Å²) in [6, 6.07) is 4.08. The first-order chi connectivity index (χ1) is 8.08. The standard InChI is InChI=1S/C11H15NO5/c1-3-9(13)7-17-11-6-8(12(14)15)4-5-10(11)16-2/h4-6,9,13H,3,7H2,1-2H3. The van der Waals surface area contributed by atoms with Crippen LogP contribution in [0.5, 0.6) is 11.5 Å². The quantitative estimate of drug-likeness (QED) is 0.606. The van der Waals surface area contributed by atoms with Gasteiger partial charge in [0.05, 0.1) is 24.2 Å². The molecule has 1 atom stereocenters. The second kappa shape index (κ2) is 6.05. The molecule has 0 aliphatic heterocycles. The Labute approximate surface area is 98.9 Å². The van der Waals surface area contributed by atoms with Gasteiger partial charge < -0.3 is 14.6 Å². The molecule has 0 amide bonds. The van der Waals surface area contributed by atoms with Crippen LogP contribution in [0.15, 0.2) is 18.2 Å². The normalized spacial score (nSPS) is 11.9. The van der Waals surface area contributed by atoms with Crippen LogP contribution in [0.4, 0.5) is 5.69 Å². The Morgan fingerprint density at radius 1 is 1.47 bits per heavy atom. The number of nitro groups is 1. The maximum atomic E-state index is 10.6. The van der Waals surface area contributed by atoms with Crippen molar-refractivity contribution in [2.45, 2.75) is 19.4 Å². The lowest BCUT2D eigenvalue weighted by Crippen LogP contribution is -2.16. The van der Waals surface area contributed by atoms with Crippen molar-refractivity contribution in [2.24, 2.45) is 0 Å². The van der Waals surface area contributed by atoms with Crippen molar-refractivity contribution >= 4 is 5.69 Å². The highest BCUT2D eigenvalue weighted by atomic mass is 16.6. The van der Waals surface area contributed by atoms with Gasteiger partial charge in [-0.3, -0.25) is 10.1 Å². The van der Waals surface area contributed by atoms with E-state index in [0.29, 0.717) is 12.2 Å². The topological polar surface area (TPSA) is 81.8 Å². The third kappa shape index (κ3) is 3.60. The molecular weight excluding hydrogens is 226 g/mol. The summed E-state index contributed by atoms with van der Waals surface area (Å²) in [5.41, 5.74) is -0.0770. The number of ether oxygens (including phenoxy) is 2. The number of benzene rings is 1. The Balaban J connectivity index is 2.86. The van der Waals surface area contributed by atoms with E-state index in [-0.39, 0.29) is 18.0 Å². The maximum absolute atomic E-state index is 10.6. The van der Waals surface area contributed by atoms with Crippen molar-refractivity contribution in [2.75, 3.05) is 13.7 Å². The Bertz CT molecular complexity index is 393. The van der Waals surface area contributed by atoms with Gasteiger partial charge in [0.25, 0.3) is 5.69 Å². The summed E-state index contributed by atoms with van der Waals surface area (Å²) < 4.78 is 10.3. The lowest BCUT2D eigenvalue weighted by Gasteiger charge is -2.12. The molecule has 1 rings (SSSR count).